The molecule has 0 saturated carbocycles. The molecular weight excluding hydrogens is 314 g/mol. The first-order valence-electron chi connectivity index (χ1n) is 7.19. The number of nitrogens with one attached hydrogen (secondary N) is 1. The summed E-state index contributed by atoms with van der Waals surface area (Å²) in [5.74, 6) is -0.237. The van der Waals surface area contributed by atoms with Gasteiger partial charge in [0.25, 0.3) is 5.91 Å². The van der Waals surface area contributed by atoms with Crippen LogP contribution in [-0.4, -0.2) is 36.8 Å². The van der Waals surface area contributed by atoms with Gasteiger partial charge in [0.15, 0.2) is 11.5 Å². The van der Waals surface area contributed by atoms with E-state index in [2.05, 4.69) is 10.1 Å². The van der Waals surface area contributed by atoms with E-state index in [1.165, 1.54) is 25.3 Å². The first-order chi connectivity index (χ1) is 11.6. The lowest BCUT2D eigenvalue weighted by atomic mass is 10.2. The van der Waals surface area contributed by atoms with E-state index in [0.29, 0.717) is 11.5 Å². The molecule has 7 nitrogen and oxygen atoms in total. The average Bonchev–Trinajstić information content (AvgIpc) is 2.62. The van der Waals surface area contributed by atoms with Gasteiger partial charge in [-0.25, -0.2) is 4.79 Å². The monoisotopic (exact) mass is 329 g/mol. The number of amides is 1. The Labute approximate surface area is 137 Å². The van der Waals surface area contributed by atoms with E-state index in [-0.39, 0.29) is 23.6 Å². The number of benzene rings is 2. The van der Waals surface area contributed by atoms with Crippen molar-refractivity contribution in [2.24, 2.45) is 0 Å². The SMILES string of the molecule is COC(=O)c1ccc(NC(=O)C2COc3ccccc3O2)c(O)c1. The van der Waals surface area contributed by atoms with Gasteiger partial charge in [0, 0.05) is 0 Å². The molecule has 24 heavy (non-hydrogen) atoms. The Kier molecular flexibility index (Phi) is 4.24. The minimum atomic E-state index is -0.848. The molecule has 1 aliphatic heterocycles. The summed E-state index contributed by atoms with van der Waals surface area (Å²) < 4.78 is 15.6. The predicted octanol–water partition coefficient (Wildman–Crippen LogP) is 1.96. The lowest BCUT2D eigenvalue weighted by molar-refractivity contribution is -0.125. The molecule has 0 aromatic heterocycles. The van der Waals surface area contributed by atoms with E-state index >= 15 is 0 Å². The summed E-state index contributed by atoms with van der Waals surface area (Å²) in [6, 6.07) is 11.1. The Morgan fingerprint density at radius 2 is 1.96 bits per heavy atom. The molecule has 0 aliphatic carbocycles. The highest BCUT2D eigenvalue weighted by atomic mass is 16.6. The number of ether oxygens (including phenoxy) is 3. The molecule has 3 rings (SSSR count). The average molecular weight is 329 g/mol. The van der Waals surface area contributed by atoms with Crippen LogP contribution in [0.15, 0.2) is 42.5 Å². The molecule has 1 unspecified atom stereocenters. The maximum Gasteiger partial charge on any atom is 0.337 e. The van der Waals surface area contributed by atoms with Crippen molar-refractivity contribution in [1.29, 1.82) is 0 Å². The van der Waals surface area contributed by atoms with E-state index in [1.54, 1.807) is 18.2 Å². The normalized spacial score (nSPS) is 15.5. The van der Waals surface area contributed by atoms with Crippen LogP contribution < -0.4 is 14.8 Å². The van der Waals surface area contributed by atoms with Crippen molar-refractivity contribution in [3.63, 3.8) is 0 Å². The van der Waals surface area contributed by atoms with Gasteiger partial charge in [-0.1, -0.05) is 12.1 Å². The summed E-state index contributed by atoms with van der Waals surface area (Å²) >= 11 is 0. The molecular formula is C17H15NO6. The van der Waals surface area contributed by atoms with Crippen LogP contribution in [0.4, 0.5) is 5.69 Å². The van der Waals surface area contributed by atoms with Crippen LogP contribution in [0.25, 0.3) is 0 Å². The van der Waals surface area contributed by atoms with Crippen LogP contribution in [0.5, 0.6) is 17.2 Å². The second-order valence-electron chi connectivity index (χ2n) is 5.08. The second-order valence-corrected chi connectivity index (χ2v) is 5.08. The first kappa shape index (κ1) is 15.7. The van der Waals surface area contributed by atoms with Crippen LogP contribution >= 0.6 is 0 Å². The molecule has 2 aromatic carbocycles. The van der Waals surface area contributed by atoms with Gasteiger partial charge < -0.3 is 24.6 Å². The van der Waals surface area contributed by atoms with Crippen LogP contribution in [0.3, 0.4) is 0 Å². The molecule has 1 heterocycles. The number of hydrogen-bond donors (Lipinski definition) is 2. The molecule has 1 atom stereocenters. The molecule has 0 radical (unpaired) electrons. The number of aromatic hydroxyl groups is 1. The quantitative estimate of drug-likeness (QED) is 0.660. The lowest BCUT2D eigenvalue weighted by Crippen LogP contribution is -2.40. The van der Waals surface area contributed by atoms with Gasteiger partial charge in [-0.3, -0.25) is 4.79 Å². The molecule has 0 spiro atoms. The highest BCUT2D eigenvalue weighted by Crippen LogP contribution is 2.31. The van der Waals surface area contributed by atoms with E-state index in [9.17, 15) is 14.7 Å². The van der Waals surface area contributed by atoms with Crippen molar-refractivity contribution in [1.82, 2.24) is 0 Å². The molecule has 124 valence electrons. The number of phenolic OH excluding ortho intramolecular Hbond substituents is 1. The number of para-hydroxylation sites is 2. The van der Waals surface area contributed by atoms with Gasteiger partial charge in [-0.05, 0) is 30.3 Å². The number of carbonyl (C=O) groups excluding carboxylic acids is 2. The number of carbonyl (C=O) groups is 2. The third-order valence-electron chi connectivity index (χ3n) is 3.48. The van der Waals surface area contributed by atoms with Gasteiger partial charge >= 0.3 is 5.97 Å². The number of fused-ring (bicyclic) bond motifs is 1. The number of rotatable bonds is 3. The predicted molar refractivity (Wildman–Crippen MR) is 84.4 cm³/mol. The zero-order valence-electron chi connectivity index (χ0n) is 12.8. The summed E-state index contributed by atoms with van der Waals surface area (Å²) in [6.07, 6.45) is -0.848. The number of hydrogen-bond acceptors (Lipinski definition) is 6. The van der Waals surface area contributed by atoms with E-state index in [1.807, 2.05) is 6.07 Å². The van der Waals surface area contributed by atoms with Crippen molar-refractivity contribution >= 4 is 17.6 Å². The third-order valence-corrected chi connectivity index (χ3v) is 3.48. The highest BCUT2D eigenvalue weighted by molar-refractivity contribution is 5.97. The van der Waals surface area contributed by atoms with Crippen molar-refractivity contribution in [2.45, 2.75) is 6.10 Å². The molecule has 0 fully saturated rings. The zero-order chi connectivity index (χ0) is 17.1. The Hall–Kier alpha value is -3.22. The van der Waals surface area contributed by atoms with Gasteiger partial charge in [0.1, 0.15) is 12.4 Å². The number of anilines is 1. The Balaban J connectivity index is 1.70. The van der Waals surface area contributed by atoms with E-state index in [0.717, 1.165) is 0 Å². The number of methoxy groups -OCH3 is 1. The van der Waals surface area contributed by atoms with Crippen LogP contribution in [0, 0.1) is 0 Å². The largest absolute Gasteiger partial charge is 0.506 e. The number of phenols is 1. The zero-order valence-corrected chi connectivity index (χ0v) is 12.8. The first-order valence-corrected chi connectivity index (χ1v) is 7.19. The molecule has 0 saturated heterocycles. The summed E-state index contributed by atoms with van der Waals surface area (Å²) in [6.45, 7) is 0.0594. The molecule has 0 bridgehead atoms. The van der Waals surface area contributed by atoms with Crippen molar-refractivity contribution in [3.05, 3.63) is 48.0 Å². The fourth-order valence-corrected chi connectivity index (χ4v) is 2.24. The molecule has 2 aromatic rings. The highest BCUT2D eigenvalue weighted by Gasteiger charge is 2.27. The van der Waals surface area contributed by atoms with E-state index in [4.69, 9.17) is 9.47 Å². The number of esters is 1. The van der Waals surface area contributed by atoms with Crippen LogP contribution in [0.2, 0.25) is 0 Å². The fraction of sp³-hybridized carbons (Fsp3) is 0.176. The maximum absolute atomic E-state index is 12.3. The smallest absolute Gasteiger partial charge is 0.337 e. The third kappa shape index (κ3) is 3.10. The van der Waals surface area contributed by atoms with Crippen molar-refractivity contribution in [3.8, 4) is 17.2 Å². The van der Waals surface area contributed by atoms with Crippen molar-refractivity contribution in [2.75, 3.05) is 19.0 Å². The topological polar surface area (TPSA) is 94.1 Å². The Morgan fingerprint density at radius 3 is 2.67 bits per heavy atom. The molecule has 1 amide bonds. The van der Waals surface area contributed by atoms with Gasteiger partial charge in [-0.15, -0.1) is 0 Å². The fourth-order valence-electron chi connectivity index (χ4n) is 2.24. The Morgan fingerprint density at radius 1 is 1.21 bits per heavy atom. The van der Waals surface area contributed by atoms with Gasteiger partial charge in [-0.2, -0.15) is 0 Å². The molecule has 2 N–H and O–H groups in total. The Bertz CT molecular complexity index is 788. The second kappa shape index (κ2) is 6.49. The molecule has 7 heteroatoms. The molecule has 1 aliphatic rings. The van der Waals surface area contributed by atoms with Crippen LogP contribution in [-0.2, 0) is 9.53 Å². The summed E-state index contributed by atoms with van der Waals surface area (Å²) in [4.78, 5) is 23.7. The summed E-state index contributed by atoms with van der Waals surface area (Å²) in [7, 11) is 1.24. The van der Waals surface area contributed by atoms with Gasteiger partial charge in [0.2, 0.25) is 6.10 Å². The standard InChI is InChI=1S/C17H15NO6/c1-22-17(21)10-6-7-11(12(19)8-10)18-16(20)15-9-23-13-4-2-3-5-14(13)24-15/h2-8,15,19H,9H2,1H3,(H,18,20). The maximum atomic E-state index is 12.3. The van der Waals surface area contributed by atoms with E-state index < -0.39 is 18.0 Å². The summed E-state index contributed by atoms with van der Waals surface area (Å²) in [5.41, 5.74) is 0.342. The van der Waals surface area contributed by atoms with Crippen molar-refractivity contribution < 1.29 is 28.9 Å². The minimum Gasteiger partial charge on any atom is -0.506 e. The van der Waals surface area contributed by atoms with Gasteiger partial charge in [0.05, 0.1) is 18.4 Å². The summed E-state index contributed by atoms with van der Waals surface area (Å²) in [5, 5.41) is 12.5. The minimum absolute atomic E-state index is 0.0594. The lowest BCUT2D eigenvalue weighted by Gasteiger charge is -2.25. The van der Waals surface area contributed by atoms with Crippen LogP contribution in [0.1, 0.15) is 10.4 Å².